The van der Waals surface area contributed by atoms with Gasteiger partial charge in [0.15, 0.2) is 0 Å². The lowest BCUT2D eigenvalue weighted by Gasteiger charge is -2.36. The molecular formula is C20H28N4. The van der Waals surface area contributed by atoms with Crippen molar-refractivity contribution in [2.45, 2.75) is 63.7 Å². The fourth-order valence-corrected chi connectivity index (χ4v) is 3.61. The summed E-state index contributed by atoms with van der Waals surface area (Å²) in [5.41, 5.74) is 2.22. The van der Waals surface area contributed by atoms with E-state index in [1.165, 1.54) is 25.7 Å². The van der Waals surface area contributed by atoms with Crippen LogP contribution in [0.25, 0.3) is 0 Å². The molecule has 2 aromatic heterocycles. The van der Waals surface area contributed by atoms with Gasteiger partial charge >= 0.3 is 0 Å². The van der Waals surface area contributed by atoms with E-state index in [0.29, 0.717) is 12.1 Å². The molecule has 24 heavy (non-hydrogen) atoms. The molecule has 1 aliphatic carbocycles. The molecule has 0 aromatic carbocycles. The first-order valence-corrected chi connectivity index (χ1v) is 9.08. The summed E-state index contributed by atoms with van der Waals surface area (Å²) >= 11 is 0. The first-order chi connectivity index (χ1) is 11.7. The molecule has 4 heteroatoms. The van der Waals surface area contributed by atoms with Crippen LogP contribution in [0.15, 0.2) is 48.8 Å². The van der Waals surface area contributed by atoms with E-state index in [0.717, 1.165) is 11.4 Å². The van der Waals surface area contributed by atoms with E-state index in [9.17, 15) is 0 Å². The number of aromatic nitrogens is 2. The van der Waals surface area contributed by atoms with Gasteiger partial charge in [-0.3, -0.25) is 9.97 Å². The van der Waals surface area contributed by atoms with Crippen LogP contribution in [0.2, 0.25) is 0 Å². The van der Waals surface area contributed by atoms with Crippen molar-refractivity contribution in [2.75, 3.05) is 0 Å². The summed E-state index contributed by atoms with van der Waals surface area (Å²) in [5.74, 6) is 0. The molecule has 1 fully saturated rings. The van der Waals surface area contributed by atoms with Crippen molar-refractivity contribution < 1.29 is 0 Å². The number of hydrogen-bond acceptors (Lipinski definition) is 4. The number of nitrogens with zero attached hydrogens (tertiary/aromatic N) is 2. The second kappa shape index (κ2) is 8.36. The Kier molecular flexibility index (Phi) is 5.94. The smallest absolute Gasteiger partial charge is 0.0570 e. The molecule has 4 nitrogen and oxygen atoms in total. The average Bonchev–Trinajstić information content (AvgIpc) is 2.64. The first-order valence-electron chi connectivity index (χ1n) is 9.08. The van der Waals surface area contributed by atoms with Crippen molar-refractivity contribution in [2.24, 2.45) is 0 Å². The largest absolute Gasteiger partial charge is 0.304 e. The van der Waals surface area contributed by atoms with Gasteiger partial charge in [-0.2, -0.15) is 0 Å². The maximum absolute atomic E-state index is 4.48. The molecule has 1 aliphatic rings. The van der Waals surface area contributed by atoms with Gasteiger partial charge in [-0.25, -0.2) is 0 Å². The van der Waals surface area contributed by atoms with Crippen molar-refractivity contribution in [1.29, 1.82) is 0 Å². The van der Waals surface area contributed by atoms with Crippen LogP contribution in [0, 0.1) is 0 Å². The topological polar surface area (TPSA) is 49.8 Å². The highest BCUT2D eigenvalue weighted by Crippen LogP contribution is 2.24. The van der Waals surface area contributed by atoms with Crippen molar-refractivity contribution in [3.05, 3.63) is 60.2 Å². The lowest BCUT2D eigenvalue weighted by molar-refractivity contribution is 0.251. The molecule has 0 amide bonds. The Bertz CT molecular complexity index is 546. The highest BCUT2D eigenvalue weighted by atomic mass is 15.1. The molecule has 2 heterocycles. The quantitative estimate of drug-likeness (QED) is 0.849. The van der Waals surface area contributed by atoms with Crippen LogP contribution in [-0.4, -0.2) is 22.1 Å². The first kappa shape index (κ1) is 17.1. The summed E-state index contributed by atoms with van der Waals surface area (Å²) < 4.78 is 0. The summed E-state index contributed by atoms with van der Waals surface area (Å²) in [6, 6.07) is 13.7. The summed E-state index contributed by atoms with van der Waals surface area (Å²) in [5, 5.41) is 7.59. The lowest BCUT2D eigenvalue weighted by Crippen LogP contribution is -2.51. The fraction of sp³-hybridized carbons (Fsp3) is 0.500. The molecule has 0 radical (unpaired) electrons. The van der Waals surface area contributed by atoms with Crippen LogP contribution in [0.3, 0.4) is 0 Å². The molecule has 0 aliphatic heterocycles. The van der Waals surface area contributed by atoms with E-state index >= 15 is 0 Å². The summed E-state index contributed by atoms with van der Waals surface area (Å²) in [6.45, 7) is 4.41. The van der Waals surface area contributed by atoms with Crippen molar-refractivity contribution in [3.8, 4) is 0 Å². The Morgan fingerprint density at radius 1 is 0.792 bits per heavy atom. The Morgan fingerprint density at radius 3 is 1.62 bits per heavy atom. The maximum atomic E-state index is 4.48. The molecule has 0 saturated heterocycles. The highest BCUT2D eigenvalue weighted by Gasteiger charge is 2.28. The minimum absolute atomic E-state index is 0.267. The van der Waals surface area contributed by atoms with E-state index in [1.54, 1.807) is 0 Å². The molecule has 128 valence electrons. The van der Waals surface area contributed by atoms with Crippen LogP contribution in [0.4, 0.5) is 0 Å². The van der Waals surface area contributed by atoms with E-state index in [1.807, 2.05) is 24.5 Å². The number of hydrogen-bond donors (Lipinski definition) is 2. The minimum atomic E-state index is 0.267. The standard InChI is InChI=1S/C20H28N4/c1-15(17-9-5-7-13-21-17)23-19-11-3-4-12-20(19)24-16(2)18-10-6-8-14-22-18/h5-10,13-16,19-20,23-24H,3-4,11-12H2,1-2H3/t15-,16-,19-,20-/m1/s1. The number of nitrogens with one attached hydrogen (secondary N) is 2. The summed E-state index contributed by atoms with van der Waals surface area (Å²) in [4.78, 5) is 8.97. The molecule has 4 atom stereocenters. The van der Waals surface area contributed by atoms with E-state index < -0.39 is 0 Å². The van der Waals surface area contributed by atoms with E-state index in [2.05, 4.69) is 58.7 Å². The molecule has 0 spiro atoms. The van der Waals surface area contributed by atoms with Gasteiger partial charge in [0.2, 0.25) is 0 Å². The highest BCUT2D eigenvalue weighted by molar-refractivity contribution is 5.10. The Hall–Kier alpha value is -1.78. The van der Waals surface area contributed by atoms with Gasteiger partial charge < -0.3 is 10.6 Å². The lowest BCUT2D eigenvalue weighted by atomic mass is 9.89. The second-order valence-electron chi connectivity index (χ2n) is 6.78. The van der Waals surface area contributed by atoms with Gasteiger partial charge in [-0.05, 0) is 51.0 Å². The second-order valence-corrected chi connectivity index (χ2v) is 6.78. The van der Waals surface area contributed by atoms with E-state index in [-0.39, 0.29) is 12.1 Å². The van der Waals surface area contributed by atoms with Crippen LogP contribution in [-0.2, 0) is 0 Å². The van der Waals surface area contributed by atoms with Crippen molar-refractivity contribution >= 4 is 0 Å². The molecule has 0 unspecified atom stereocenters. The molecule has 2 N–H and O–H groups in total. The molecular weight excluding hydrogens is 296 g/mol. The van der Waals surface area contributed by atoms with Crippen molar-refractivity contribution in [1.82, 2.24) is 20.6 Å². The third-order valence-electron chi connectivity index (χ3n) is 4.96. The Morgan fingerprint density at radius 2 is 1.25 bits per heavy atom. The molecule has 3 rings (SSSR count). The molecule has 0 bridgehead atoms. The van der Waals surface area contributed by atoms with Crippen molar-refractivity contribution in [3.63, 3.8) is 0 Å². The van der Waals surface area contributed by atoms with Gasteiger partial charge in [0.25, 0.3) is 0 Å². The van der Waals surface area contributed by atoms with Gasteiger partial charge in [0, 0.05) is 36.6 Å². The summed E-state index contributed by atoms with van der Waals surface area (Å²) in [6.07, 6.45) is 8.75. The van der Waals surface area contributed by atoms with Crippen LogP contribution in [0.5, 0.6) is 0 Å². The van der Waals surface area contributed by atoms with E-state index in [4.69, 9.17) is 0 Å². The third kappa shape index (κ3) is 4.40. The predicted octanol–water partition coefficient (Wildman–Crippen LogP) is 3.79. The fourth-order valence-electron chi connectivity index (χ4n) is 3.61. The SMILES string of the molecule is C[C@@H](N[C@@H]1CCCC[C@H]1N[C@H](C)c1ccccn1)c1ccccn1. The minimum Gasteiger partial charge on any atom is -0.304 e. The zero-order valence-electron chi connectivity index (χ0n) is 14.7. The van der Waals surface area contributed by atoms with Gasteiger partial charge in [-0.1, -0.05) is 25.0 Å². The molecule has 1 saturated carbocycles. The van der Waals surface area contributed by atoms with Crippen LogP contribution < -0.4 is 10.6 Å². The zero-order valence-corrected chi connectivity index (χ0v) is 14.7. The van der Waals surface area contributed by atoms with Crippen LogP contribution in [0.1, 0.15) is 63.0 Å². The predicted molar refractivity (Wildman–Crippen MR) is 97.6 cm³/mol. The number of rotatable bonds is 6. The Balaban J connectivity index is 1.63. The van der Waals surface area contributed by atoms with Crippen LogP contribution >= 0.6 is 0 Å². The van der Waals surface area contributed by atoms with Gasteiger partial charge in [0.1, 0.15) is 0 Å². The van der Waals surface area contributed by atoms with Gasteiger partial charge in [0.05, 0.1) is 11.4 Å². The maximum Gasteiger partial charge on any atom is 0.0570 e. The van der Waals surface area contributed by atoms with Gasteiger partial charge in [-0.15, -0.1) is 0 Å². The third-order valence-corrected chi connectivity index (χ3v) is 4.96. The monoisotopic (exact) mass is 324 g/mol. The number of pyridine rings is 2. The normalized spacial score (nSPS) is 23.6. The average molecular weight is 324 g/mol. The summed E-state index contributed by atoms with van der Waals surface area (Å²) in [7, 11) is 0. The Labute approximate surface area is 145 Å². The molecule has 2 aromatic rings. The zero-order chi connectivity index (χ0) is 16.8.